The zero-order valence-corrected chi connectivity index (χ0v) is 38.9. The minimum atomic E-state index is -0.654. The molecule has 0 unspecified atom stereocenters. The number of para-hydroxylation sites is 1. The van der Waals surface area contributed by atoms with Gasteiger partial charge in [-0.25, -0.2) is 0 Å². The van der Waals surface area contributed by atoms with Crippen molar-refractivity contribution in [3.05, 3.63) is 258 Å². The highest BCUT2D eigenvalue weighted by atomic mass is 32.1. The summed E-state index contributed by atoms with van der Waals surface area (Å²) in [5, 5.41) is 7.13. The Morgan fingerprint density at radius 3 is 1.65 bits per heavy atom. The maximum absolute atomic E-state index is 7.30. The lowest BCUT2D eigenvalue weighted by Gasteiger charge is -2.40. The average molecular weight is 898 g/mol. The summed E-state index contributed by atoms with van der Waals surface area (Å²) in [6, 6.07) is 83.9. The smallest absolute Gasteiger partial charge is 0.140 e. The second kappa shape index (κ2) is 14.1. The number of hydrogen-bond acceptors (Lipinski definition) is 3. The lowest BCUT2D eigenvalue weighted by Crippen LogP contribution is -2.32. The average Bonchev–Trinajstić information content (AvgIpc) is 3.99. The molecule has 12 aromatic rings. The summed E-state index contributed by atoms with van der Waals surface area (Å²) in [4.78, 5) is 2.51. The summed E-state index contributed by atoms with van der Waals surface area (Å²) in [7, 11) is 0. The summed E-state index contributed by atoms with van der Waals surface area (Å²) >= 11 is 1.86. The Bertz CT molecular complexity index is 4090. The third-order valence-corrected chi connectivity index (χ3v) is 16.9. The van der Waals surface area contributed by atoms with Gasteiger partial charge in [-0.05, 0) is 109 Å². The molecular weight excluding hydrogens is 855 g/mol. The SMILES string of the molecule is CC1(C)c2ccccc2-c2ccc(N(c3ccc4sc5ccccc5c4c3)c3ccccc3-c3ccc4c(c3)C3(c5ccccc5-4)c4ccc5ccccc5c4Oc4c3ccc3ccccc43)cc21. The lowest BCUT2D eigenvalue weighted by atomic mass is 9.65. The second-order valence-electron chi connectivity index (χ2n) is 19.5. The van der Waals surface area contributed by atoms with Crippen LogP contribution in [-0.4, -0.2) is 0 Å². The van der Waals surface area contributed by atoms with Crippen LogP contribution in [0.4, 0.5) is 17.1 Å². The first-order valence-electron chi connectivity index (χ1n) is 24.0. The van der Waals surface area contributed by atoms with E-state index in [1.54, 1.807) is 0 Å². The van der Waals surface area contributed by atoms with Crippen molar-refractivity contribution < 1.29 is 4.74 Å². The highest BCUT2D eigenvalue weighted by Crippen LogP contribution is 2.64. The van der Waals surface area contributed by atoms with Gasteiger partial charge >= 0.3 is 0 Å². The Balaban J connectivity index is 0.992. The van der Waals surface area contributed by atoms with Crippen LogP contribution in [0.5, 0.6) is 11.5 Å². The quantitative estimate of drug-likeness (QED) is 0.175. The molecule has 0 atom stereocenters. The number of fused-ring (bicyclic) bond motifs is 19. The highest BCUT2D eigenvalue weighted by molar-refractivity contribution is 7.25. The van der Waals surface area contributed by atoms with Crippen molar-refractivity contribution in [3.63, 3.8) is 0 Å². The Kier molecular flexibility index (Phi) is 7.96. The molecule has 324 valence electrons. The molecule has 0 bridgehead atoms. The van der Waals surface area contributed by atoms with E-state index in [1.807, 2.05) is 11.3 Å². The Labute approximate surface area is 405 Å². The van der Waals surface area contributed by atoms with Crippen LogP contribution in [0.1, 0.15) is 47.2 Å². The fraction of sp³-hybridized carbons (Fsp3) is 0.0606. The Morgan fingerprint density at radius 2 is 0.899 bits per heavy atom. The largest absolute Gasteiger partial charge is 0.455 e. The minimum absolute atomic E-state index is 0.156. The number of nitrogens with zero attached hydrogens (tertiary/aromatic N) is 1. The molecule has 1 aromatic heterocycles. The molecule has 2 aliphatic carbocycles. The lowest BCUT2D eigenvalue weighted by molar-refractivity contribution is 0.447. The van der Waals surface area contributed by atoms with Crippen molar-refractivity contribution >= 4 is 70.1 Å². The molecule has 2 nitrogen and oxygen atoms in total. The molecule has 0 N–H and O–H groups in total. The molecule has 0 saturated carbocycles. The van der Waals surface area contributed by atoms with Crippen LogP contribution in [0, 0.1) is 0 Å². The number of hydrogen-bond donors (Lipinski definition) is 0. The number of ether oxygens (including phenoxy) is 1. The summed E-state index contributed by atoms with van der Waals surface area (Å²) in [5.74, 6) is 1.85. The van der Waals surface area contributed by atoms with Crippen molar-refractivity contribution in [1.29, 1.82) is 0 Å². The first kappa shape index (κ1) is 38.8. The maximum atomic E-state index is 7.30. The van der Waals surface area contributed by atoms with Crippen molar-refractivity contribution in [3.8, 4) is 44.9 Å². The summed E-state index contributed by atoms with van der Waals surface area (Å²) in [6.45, 7) is 4.75. The van der Waals surface area contributed by atoms with E-state index in [1.165, 1.54) is 75.8 Å². The van der Waals surface area contributed by atoms with E-state index in [-0.39, 0.29) is 5.41 Å². The summed E-state index contributed by atoms with van der Waals surface area (Å²) < 4.78 is 9.89. The first-order chi connectivity index (χ1) is 34.0. The fourth-order valence-electron chi connectivity index (χ4n) is 12.6. The Morgan fingerprint density at radius 1 is 0.362 bits per heavy atom. The number of benzene rings is 11. The molecule has 15 rings (SSSR count). The maximum Gasteiger partial charge on any atom is 0.140 e. The van der Waals surface area contributed by atoms with E-state index >= 15 is 0 Å². The van der Waals surface area contributed by atoms with Crippen LogP contribution in [0.15, 0.2) is 224 Å². The number of anilines is 3. The normalized spacial score (nSPS) is 14.3. The van der Waals surface area contributed by atoms with Crippen molar-refractivity contribution in [2.24, 2.45) is 0 Å². The van der Waals surface area contributed by atoms with Crippen LogP contribution in [0.3, 0.4) is 0 Å². The number of rotatable bonds is 4. The van der Waals surface area contributed by atoms with Crippen molar-refractivity contribution in [2.45, 2.75) is 24.7 Å². The molecular formula is C66H43NOS. The van der Waals surface area contributed by atoms with Crippen LogP contribution in [-0.2, 0) is 10.8 Å². The molecule has 0 amide bonds. The van der Waals surface area contributed by atoms with Gasteiger partial charge in [0, 0.05) is 64.4 Å². The van der Waals surface area contributed by atoms with Gasteiger partial charge in [0.05, 0.1) is 11.1 Å². The van der Waals surface area contributed by atoms with Gasteiger partial charge in [0.2, 0.25) is 0 Å². The van der Waals surface area contributed by atoms with E-state index < -0.39 is 5.41 Å². The summed E-state index contributed by atoms with van der Waals surface area (Å²) in [6.07, 6.45) is 0. The molecule has 2 heterocycles. The van der Waals surface area contributed by atoms with E-state index in [0.29, 0.717) is 0 Å². The predicted octanol–water partition coefficient (Wildman–Crippen LogP) is 18.3. The predicted molar refractivity (Wildman–Crippen MR) is 289 cm³/mol. The highest BCUT2D eigenvalue weighted by Gasteiger charge is 2.52. The van der Waals surface area contributed by atoms with Gasteiger partial charge < -0.3 is 9.64 Å². The monoisotopic (exact) mass is 897 g/mol. The van der Waals surface area contributed by atoms with E-state index in [2.05, 4.69) is 243 Å². The second-order valence-corrected chi connectivity index (χ2v) is 20.6. The van der Waals surface area contributed by atoms with Gasteiger partial charge in [0.1, 0.15) is 11.5 Å². The Hall–Kier alpha value is -8.24. The van der Waals surface area contributed by atoms with Crippen molar-refractivity contribution in [2.75, 3.05) is 4.90 Å². The third kappa shape index (κ3) is 5.26. The van der Waals surface area contributed by atoms with Crippen LogP contribution >= 0.6 is 11.3 Å². The molecule has 0 saturated heterocycles. The van der Waals surface area contributed by atoms with Crippen LogP contribution in [0.2, 0.25) is 0 Å². The van der Waals surface area contributed by atoms with Crippen molar-refractivity contribution in [1.82, 2.24) is 0 Å². The first-order valence-corrected chi connectivity index (χ1v) is 24.8. The molecule has 11 aromatic carbocycles. The molecule has 69 heavy (non-hydrogen) atoms. The number of thiophene rings is 1. The summed E-state index contributed by atoms with van der Waals surface area (Å²) in [5.41, 5.74) is 17.6. The van der Waals surface area contributed by atoms with E-state index in [0.717, 1.165) is 61.2 Å². The standard InChI is InChI=1S/C66H43NOS/c1-65(2)54-23-11-7-20-48(54)50-33-30-44(39-58(50)65)67(43-31-36-62-53(38-43)52-22-10-14-26-61(52)69-62)60-25-13-9-17-45(60)42-27-32-51-49-21-8-12-24-55(49)66(59(51)37-42)56-34-28-40-15-3-5-18-46(40)63(56)68-64-47-19-6-4-16-41(47)29-35-57(64)66/h3-39H,1-2H3. The van der Waals surface area contributed by atoms with Gasteiger partial charge in [-0.15, -0.1) is 11.3 Å². The zero-order chi connectivity index (χ0) is 45.6. The topological polar surface area (TPSA) is 12.5 Å². The molecule has 0 radical (unpaired) electrons. The van der Waals surface area contributed by atoms with Crippen LogP contribution < -0.4 is 9.64 Å². The molecule has 1 spiro atoms. The third-order valence-electron chi connectivity index (χ3n) is 15.7. The van der Waals surface area contributed by atoms with Gasteiger partial charge in [0.25, 0.3) is 0 Å². The molecule has 1 aliphatic heterocycles. The fourth-order valence-corrected chi connectivity index (χ4v) is 13.7. The van der Waals surface area contributed by atoms with Gasteiger partial charge in [0.15, 0.2) is 0 Å². The van der Waals surface area contributed by atoms with E-state index in [9.17, 15) is 0 Å². The van der Waals surface area contributed by atoms with E-state index in [4.69, 9.17) is 4.74 Å². The van der Waals surface area contributed by atoms with Gasteiger partial charge in [-0.1, -0.05) is 190 Å². The molecule has 0 fully saturated rings. The van der Waals surface area contributed by atoms with Crippen LogP contribution in [0.25, 0.3) is 75.1 Å². The molecule has 3 aliphatic rings. The zero-order valence-electron chi connectivity index (χ0n) is 38.1. The van der Waals surface area contributed by atoms with Gasteiger partial charge in [-0.3, -0.25) is 0 Å². The molecule has 3 heteroatoms. The minimum Gasteiger partial charge on any atom is -0.455 e. The van der Waals surface area contributed by atoms with Gasteiger partial charge in [-0.2, -0.15) is 0 Å².